The summed E-state index contributed by atoms with van der Waals surface area (Å²) in [5.41, 5.74) is 0. The first-order valence-corrected chi connectivity index (χ1v) is 6.39. The van der Waals surface area contributed by atoms with Crippen molar-refractivity contribution in [3.8, 4) is 0 Å². The van der Waals surface area contributed by atoms with E-state index in [1.54, 1.807) is 5.30 Å². The molecule has 0 aliphatic rings. The van der Waals surface area contributed by atoms with Gasteiger partial charge in [0, 0.05) is 0 Å². The van der Waals surface area contributed by atoms with Gasteiger partial charge in [-0.25, -0.2) is 0 Å². The topological polar surface area (TPSA) is 0 Å². The largest absolute Gasteiger partial charge is 0.0756 e. The minimum atomic E-state index is 0.146. The number of hydrogen-bond donors (Lipinski definition) is 0. The highest BCUT2D eigenvalue weighted by Crippen LogP contribution is 2.33. The highest BCUT2D eigenvalue weighted by molar-refractivity contribution is 7.65. The van der Waals surface area contributed by atoms with Gasteiger partial charge in [0.15, 0.2) is 0 Å². The van der Waals surface area contributed by atoms with Crippen LogP contribution in [0.4, 0.5) is 0 Å². The zero-order chi connectivity index (χ0) is 8.81. The minimum absolute atomic E-state index is 0.146. The van der Waals surface area contributed by atoms with Crippen LogP contribution >= 0.6 is 7.92 Å². The summed E-state index contributed by atoms with van der Waals surface area (Å²) in [6.07, 6.45) is 4.03. The molecule has 0 N–H and O–H groups in total. The number of hydrogen-bond acceptors (Lipinski definition) is 0. The van der Waals surface area contributed by atoms with Crippen LogP contribution in [0.2, 0.25) is 0 Å². The Hall–Kier alpha value is -0.350. The first kappa shape index (κ1) is 9.74. The van der Waals surface area contributed by atoms with Gasteiger partial charge >= 0.3 is 0 Å². The standard InChI is InChI=1S/C11H17P/c1-3-10-12(4-2)11-8-6-5-7-9-11/h5-9H,3-4,10H2,1-2H3. The minimum Gasteiger partial charge on any atom is -0.0756 e. The molecule has 12 heavy (non-hydrogen) atoms. The molecule has 0 nitrogen and oxygen atoms in total. The molecule has 0 saturated carbocycles. The molecule has 0 fully saturated rings. The average Bonchev–Trinajstić information content (AvgIpc) is 2.15. The second kappa shape index (κ2) is 5.32. The summed E-state index contributed by atoms with van der Waals surface area (Å²) in [4.78, 5) is 0. The quantitative estimate of drug-likeness (QED) is 0.624. The van der Waals surface area contributed by atoms with Crippen molar-refractivity contribution >= 4 is 13.2 Å². The molecule has 66 valence electrons. The molecule has 0 aromatic heterocycles. The summed E-state index contributed by atoms with van der Waals surface area (Å²) in [7, 11) is 0.146. The Bertz CT molecular complexity index is 206. The molecule has 0 bridgehead atoms. The molecule has 0 radical (unpaired) electrons. The van der Waals surface area contributed by atoms with E-state index in [9.17, 15) is 0 Å². The molecule has 1 unspecified atom stereocenters. The fourth-order valence-electron chi connectivity index (χ4n) is 1.38. The van der Waals surface area contributed by atoms with Gasteiger partial charge in [0.05, 0.1) is 0 Å². The first-order chi connectivity index (χ1) is 5.88. The van der Waals surface area contributed by atoms with Crippen molar-refractivity contribution in [1.29, 1.82) is 0 Å². The van der Waals surface area contributed by atoms with Crippen LogP contribution in [0.15, 0.2) is 30.3 Å². The molecule has 1 rings (SSSR count). The zero-order valence-corrected chi connectivity index (χ0v) is 8.85. The van der Waals surface area contributed by atoms with Gasteiger partial charge in [0.1, 0.15) is 0 Å². The highest BCUT2D eigenvalue weighted by atomic mass is 31.1. The van der Waals surface area contributed by atoms with E-state index in [4.69, 9.17) is 0 Å². The molecule has 1 heteroatoms. The molecule has 1 atom stereocenters. The first-order valence-electron chi connectivity index (χ1n) is 4.68. The molecule has 1 aromatic carbocycles. The molecule has 0 saturated heterocycles. The summed E-state index contributed by atoms with van der Waals surface area (Å²) in [6, 6.07) is 10.9. The summed E-state index contributed by atoms with van der Waals surface area (Å²) in [5.74, 6) is 0. The molecular weight excluding hydrogens is 163 g/mol. The van der Waals surface area contributed by atoms with Crippen molar-refractivity contribution in [1.82, 2.24) is 0 Å². The normalized spacial score (nSPS) is 12.8. The van der Waals surface area contributed by atoms with E-state index in [0.717, 1.165) is 0 Å². The van der Waals surface area contributed by atoms with Gasteiger partial charge in [-0.1, -0.05) is 58.5 Å². The van der Waals surface area contributed by atoms with Crippen LogP contribution in [0.3, 0.4) is 0 Å². The Morgan fingerprint density at radius 1 is 1.08 bits per heavy atom. The van der Waals surface area contributed by atoms with E-state index < -0.39 is 0 Å². The van der Waals surface area contributed by atoms with Gasteiger partial charge in [0.2, 0.25) is 0 Å². The average molecular weight is 180 g/mol. The molecular formula is C11H17P. The molecule has 0 amide bonds. The fraction of sp³-hybridized carbons (Fsp3) is 0.455. The lowest BCUT2D eigenvalue weighted by molar-refractivity contribution is 1.09. The predicted molar refractivity (Wildman–Crippen MR) is 58.7 cm³/mol. The smallest absolute Gasteiger partial charge is 0.0240 e. The maximum Gasteiger partial charge on any atom is -0.0240 e. The maximum absolute atomic E-state index is 2.30. The summed E-state index contributed by atoms with van der Waals surface area (Å²) in [5, 5.41) is 1.57. The van der Waals surface area contributed by atoms with Crippen LogP contribution in [0.25, 0.3) is 0 Å². The lowest BCUT2D eigenvalue weighted by Gasteiger charge is -2.14. The number of benzene rings is 1. The Kier molecular flexibility index (Phi) is 4.32. The lowest BCUT2D eigenvalue weighted by atomic mass is 10.4. The van der Waals surface area contributed by atoms with Gasteiger partial charge in [-0.05, 0) is 17.6 Å². The zero-order valence-electron chi connectivity index (χ0n) is 7.96. The van der Waals surface area contributed by atoms with Crippen molar-refractivity contribution in [3.05, 3.63) is 30.3 Å². The van der Waals surface area contributed by atoms with Crippen LogP contribution in [-0.4, -0.2) is 12.3 Å². The van der Waals surface area contributed by atoms with E-state index in [0.29, 0.717) is 0 Å². The second-order valence-corrected chi connectivity index (χ2v) is 5.59. The summed E-state index contributed by atoms with van der Waals surface area (Å²) in [6.45, 7) is 4.57. The third-order valence-corrected chi connectivity index (χ3v) is 4.78. The van der Waals surface area contributed by atoms with Gasteiger partial charge < -0.3 is 0 Å². The van der Waals surface area contributed by atoms with Crippen LogP contribution < -0.4 is 5.30 Å². The van der Waals surface area contributed by atoms with E-state index in [2.05, 4.69) is 44.2 Å². The molecule has 0 heterocycles. The highest BCUT2D eigenvalue weighted by Gasteiger charge is 2.05. The second-order valence-electron chi connectivity index (χ2n) is 2.92. The Morgan fingerprint density at radius 3 is 2.25 bits per heavy atom. The van der Waals surface area contributed by atoms with E-state index in [1.807, 2.05) is 0 Å². The van der Waals surface area contributed by atoms with Crippen LogP contribution in [-0.2, 0) is 0 Å². The van der Waals surface area contributed by atoms with Crippen molar-refractivity contribution in [2.45, 2.75) is 20.3 Å². The lowest BCUT2D eigenvalue weighted by Crippen LogP contribution is -2.03. The van der Waals surface area contributed by atoms with Gasteiger partial charge in [-0.15, -0.1) is 0 Å². The Balaban J connectivity index is 2.66. The third-order valence-electron chi connectivity index (χ3n) is 2.00. The molecule has 0 spiro atoms. The Morgan fingerprint density at radius 2 is 1.75 bits per heavy atom. The third kappa shape index (κ3) is 2.60. The van der Waals surface area contributed by atoms with Gasteiger partial charge in [0.25, 0.3) is 0 Å². The molecule has 1 aromatic rings. The van der Waals surface area contributed by atoms with E-state index in [1.165, 1.54) is 18.7 Å². The molecule has 0 aliphatic carbocycles. The van der Waals surface area contributed by atoms with E-state index >= 15 is 0 Å². The van der Waals surface area contributed by atoms with Gasteiger partial charge in [-0.2, -0.15) is 0 Å². The Labute approximate surface area is 76.8 Å². The monoisotopic (exact) mass is 180 g/mol. The van der Waals surface area contributed by atoms with Crippen molar-refractivity contribution in [2.24, 2.45) is 0 Å². The van der Waals surface area contributed by atoms with Crippen molar-refractivity contribution in [2.75, 3.05) is 12.3 Å². The predicted octanol–water partition coefficient (Wildman–Crippen LogP) is 3.22. The van der Waals surface area contributed by atoms with Crippen molar-refractivity contribution < 1.29 is 0 Å². The van der Waals surface area contributed by atoms with E-state index in [-0.39, 0.29) is 7.92 Å². The van der Waals surface area contributed by atoms with Crippen LogP contribution in [0, 0.1) is 0 Å². The fourth-order valence-corrected chi connectivity index (χ4v) is 3.45. The SMILES string of the molecule is CCCP(CC)c1ccccc1. The summed E-state index contributed by atoms with van der Waals surface area (Å²) >= 11 is 0. The van der Waals surface area contributed by atoms with Gasteiger partial charge in [-0.3, -0.25) is 0 Å². The van der Waals surface area contributed by atoms with Crippen LogP contribution in [0.1, 0.15) is 20.3 Å². The summed E-state index contributed by atoms with van der Waals surface area (Å²) < 4.78 is 0. The van der Waals surface area contributed by atoms with Crippen molar-refractivity contribution in [3.63, 3.8) is 0 Å². The molecule has 0 aliphatic heterocycles. The number of rotatable bonds is 4. The van der Waals surface area contributed by atoms with Crippen LogP contribution in [0.5, 0.6) is 0 Å². The maximum atomic E-state index is 2.30.